The van der Waals surface area contributed by atoms with Crippen LogP contribution in [0.15, 0.2) is 48.5 Å². The van der Waals surface area contributed by atoms with E-state index >= 15 is 0 Å². The van der Waals surface area contributed by atoms with Crippen molar-refractivity contribution in [3.8, 4) is 11.5 Å². The second-order valence-corrected chi connectivity index (χ2v) is 5.88. The van der Waals surface area contributed by atoms with Crippen LogP contribution < -0.4 is 17.1 Å². The molecule has 0 aliphatic rings. The van der Waals surface area contributed by atoms with Crippen molar-refractivity contribution in [1.29, 1.82) is 0 Å². The van der Waals surface area contributed by atoms with Gasteiger partial charge in [-0.25, -0.2) is 9.59 Å². The van der Waals surface area contributed by atoms with Crippen molar-refractivity contribution in [3.63, 3.8) is 0 Å². The summed E-state index contributed by atoms with van der Waals surface area (Å²) < 4.78 is 0. The van der Waals surface area contributed by atoms with Gasteiger partial charge in [0.1, 0.15) is 23.6 Å². The molecule has 27 heavy (non-hydrogen) atoms. The van der Waals surface area contributed by atoms with E-state index in [0.29, 0.717) is 0 Å². The summed E-state index contributed by atoms with van der Waals surface area (Å²) in [7, 11) is 0. The molecule has 0 amide bonds. The van der Waals surface area contributed by atoms with Gasteiger partial charge in [-0.2, -0.15) is 0 Å². The maximum absolute atomic E-state index is 11.8. The first kappa shape index (κ1) is 20.2. The Morgan fingerprint density at radius 1 is 0.778 bits per heavy atom. The molecule has 0 saturated carbocycles. The van der Waals surface area contributed by atoms with Crippen molar-refractivity contribution in [2.45, 2.75) is 24.9 Å². The van der Waals surface area contributed by atoms with Crippen molar-refractivity contribution >= 4 is 11.9 Å². The third kappa shape index (κ3) is 6.59. The molecule has 9 heteroatoms. The Morgan fingerprint density at radius 3 is 1.44 bits per heavy atom. The second kappa shape index (κ2) is 9.53. The molecule has 0 saturated heterocycles. The highest BCUT2D eigenvalue weighted by Gasteiger charge is 2.19. The number of benzene rings is 2. The first-order chi connectivity index (χ1) is 12.8. The van der Waals surface area contributed by atoms with Crippen LogP contribution in [0.1, 0.15) is 11.1 Å². The predicted molar refractivity (Wildman–Crippen MR) is 94.9 cm³/mol. The Labute approximate surface area is 155 Å². The molecule has 0 fully saturated rings. The summed E-state index contributed by atoms with van der Waals surface area (Å²) in [5, 5.41) is 18.4. The molecule has 2 aromatic rings. The molecular weight excluding hydrogens is 354 g/mol. The fourth-order valence-corrected chi connectivity index (χ4v) is 2.19. The first-order valence-electron chi connectivity index (χ1n) is 8.08. The SMILES string of the molecule is N[C@@H](Cc1ccc(O)cc1)C(=O)ONOC(=O)[C@@H](N)Cc1ccc(O)cc1. The van der Waals surface area contributed by atoms with Crippen molar-refractivity contribution in [1.82, 2.24) is 5.64 Å². The van der Waals surface area contributed by atoms with Crippen LogP contribution in [0.5, 0.6) is 11.5 Å². The minimum atomic E-state index is -0.994. The van der Waals surface area contributed by atoms with E-state index in [4.69, 9.17) is 11.5 Å². The van der Waals surface area contributed by atoms with Gasteiger partial charge in [0.15, 0.2) is 0 Å². The summed E-state index contributed by atoms with van der Waals surface area (Å²) >= 11 is 0. The van der Waals surface area contributed by atoms with Gasteiger partial charge in [-0.05, 0) is 48.2 Å². The second-order valence-electron chi connectivity index (χ2n) is 5.88. The van der Waals surface area contributed by atoms with Gasteiger partial charge >= 0.3 is 11.9 Å². The normalized spacial score (nSPS) is 12.8. The average Bonchev–Trinajstić information content (AvgIpc) is 2.65. The smallest absolute Gasteiger partial charge is 0.345 e. The fourth-order valence-electron chi connectivity index (χ4n) is 2.19. The maximum atomic E-state index is 11.8. The maximum Gasteiger partial charge on any atom is 0.345 e. The van der Waals surface area contributed by atoms with Crippen molar-refractivity contribution in [2.75, 3.05) is 0 Å². The zero-order valence-electron chi connectivity index (χ0n) is 14.4. The van der Waals surface area contributed by atoms with Crippen LogP contribution in [0.3, 0.4) is 0 Å². The van der Waals surface area contributed by atoms with Crippen LogP contribution in [-0.2, 0) is 32.1 Å². The number of hydrogen-bond donors (Lipinski definition) is 5. The molecule has 0 aromatic heterocycles. The van der Waals surface area contributed by atoms with E-state index in [-0.39, 0.29) is 24.3 Å². The number of aromatic hydroxyl groups is 2. The fraction of sp³-hybridized carbons (Fsp3) is 0.222. The van der Waals surface area contributed by atoms with E-state index in [0.717, 1.165) is 11.1 Å². The number of carbonyl (C=O) groups is 2. The quantitative estimate of drug-likeness (QED) is 0.402. The number of rotatable bonds is 8. The Balaban J connectivity index is 1.72. The zero-order valence-corrected chi connectivity index (χ0v) is 14.4. The predicted octanol–water partition coefficient (Wildman–Crippen LogP) is 0.0436. The van der Waals surface area contributed by atoms with Crippen LogP contribution in [0.2, 0.25) is 0 Å². The number of phenolic OH excluding ortho intramolecular Hbond substituents is 2. The number of nitrogens with two attached hydrogens (primary N) is 2. The molecule has 2 aromatic carbocycles. The number of phenols is 2. The summed E-state index contributed by atoms with van der Waals surface area (Å²) in [5.74, 6) is -1.45. The Kier molecular flexibility index (Phi) is 7.12. The van der Waals surface area contributed by atoms with Gasteiger partial charge in [-0.3, -0.25) is 0 Å². The lowest BCUT2D eigenvalue weighted by Gasteiger charge is -2.13. The molecule has 7 N–H and O–H groups in total. The molecule has 0 aliphatic heterocycles. The monoisotopic (exact) mass is 375 g/mol. The summed E-state index contributed by atoms with van der Waals surface area (Å²) in [6.07, 6.45) is 0.351. The van der Waals surface area contributed by atoms with E-state index in [1.54, 1.807) is 29.9 Å². The molecule has 9 nitrogen and oxygen atoms in total. The van der Waals surface area contributed by atoms with Crippen molar-refractivity contribution < 1.29 is 29.5 Å². The van der Waals surface area contributed by atoms with Crippen LogP contribution in [0, 0.1) is 0 Å². The molecule has 2 atom stereocenters. The minimum absolute atomic E-state index is 0.104. The Bertz CT molecular complexity index is 698. The Hall–Kier alpha value is -3.14. The van der Waals surface area contributed by atoms with Crippen molar-refractivity contribution in [2.24, 2.45) is 11.5 Å². The van der Waals surface area contributed by atoms with Gasteiger partial charge in [-0.1, -0.05) is 24.3 Å². The summed E-state index contributed by atoms with van der Waals surface area (Å²) in [4.78, 5) is 32.7. The van der Waals surface area contributed by atoms with Crippen LogP contribution in [0.25, 0.3) is 0 Å². The summed E-state index contributed by atoms with van der Waals surface area (Å²) in [6.45, 7) is 0. The van der Waals surface area contributed by atoms with Gasteiger partial charge < -0.3 is 31.4 Å². The van der Waals surface area contributed by atoms with Gasteiger partial charge in [0.25, 0.3) is 0 Å². The molecule has 0 aliphatic carbocycles. The highest BCUT2D eigenvalue weighted by Crippen LogP contribution is 2.12. The largest absolute Gasteiger partial charge is 0.508 e. The highest BCUT2D eigenvalue weighted by atomic mass is 16.9. The van der Waals surface area contributed by atoms with E-state index in [1.807, 2.05) is 0 Å². The van der Waals surface area contributed by atoms with Gasteiger partial charge in [0, 0.05) is 5.64 Å². The lowest BCUT2D eigenvalue weighted by molar-refractivity contribution is -0.200. The van der Waals surface area contributed by atoms with Crippen LogP contribution in [0.4, 0.5) is 0 Å². The van der Waals surface area contributed by atoms with E-state index in [2.05, 4.69) is 9.68 Å². The molecule has 0 bridgehead atoms. The number of carbonyl (C=O) groups excluding carboxylic acids is 2. The highest BCUT2D eigenvalue weighted by molar-refractivity contribution is 5.77. The topological polar surface area (TPSA) is 157 Å². The van der Waals surface area contributed by atoms with E-state index in [9.17, 15) is 19.8 Å². The third-order valence-electron chi connectivity index (χ3n) is 3.67. The standard InChI is InChI=1S/C18H21N3O6/c19-15(9-11-1-5-13(22)6-2-11)17(24)26-21-27-18(25)16(20)10-12-3-7-14(23)8-4-12/h1-8,15-16,21-23H,9-10,19-20H2/t15-,16-/m0/s1. The number of nitrogens with one attached hydrogen (secondary N) is 1. The molecular formula is C18H21N3O6. The lowest BCUT2D eigenvalue weighted by Crippen LogP contribution is -2.41. The van der Waals surface area contributed by atoms with E-state index in [1.165, 1.54) is 24.3 Å². The van der Waals surface area contributed by atoms with Gasteiger partial charge in [-0.15, -0.1) is 0 Å². The lowest BCUT2D eigenvalue weighted by atomic mass is 10.1. The molecule has 0 unspecified atom stereocenters. The molecule has 0 heterocycles. The molecule has 0 spiro atoms. The minimum Gasteiger partial charge on any atom is -0.508 e. The third-order valence-corrected chi connectivity index (χ3v) is 3.67. The molecule has 0 radical (unpaired) electrons. The van der Waals surface area contributed by atoms with Gasteiger partial charge in [0.05, 0.1) is 0 Å². The Morgan fingerprint density at radius 2 is 1.11 bits per heavy atom. The van der Waals surface area contributed by atoms with Crippen LogP contribution >= 0.6 is 0 Å². The summed E-state index contributed by atoms with van der Waals surface area (Å²) in [5.41, 5.74) is 14.7. The molecule has 2 rings (SSSR count). The summed E-state index contributed by atoms with van der Waals surface area (Å²) in [6, 6.07) is 10.4. The average molecular weight is 375 g/mol. The molecule has 144 valence electrons. The number of hydrogen-bond acceptors (Lipinski definition) is 9. The van der Waals surface area contributed by atoms with Crippen LogP contribution in [-0.4, -0.2) is 34.2 Å². The first-order valence-corrected chi connectivity index (χ1v) is 8.08. The van der Waals surface area contributed by atoms with Gasteiger partial charge in [0.2, 0.25) is 0 Å². The van der Waals surface area contributed by atoms with Crippen molar-refractivity contribution in [3.05, 3.63) is 59.7 Å². The van der Waals surface area contributed by atoms with E-state index < -0.39 is 24.0 Å². The zero-order chi connectivity index (χ0) is 19.8.